The number of ether oxygens (including phenoxy) is 1. The van der Waals surface area contributed by atoms with Crippen LogP contribution in [0.4, 0.5) is 4.39 Å². The Labute approximate surface area is 127 Å². The minimum atomic E-state index is -0.897. The highest BCUT2D eigenvalue weighted by Crippen LogP contribution is 2.28. The standard InChI is InChI=1S/C15H16ClFN2O2/c1-15(2,9-16)13(20)14(19-8-7-18-10-19)21-12-5-3-11(17)4-6-12/h3-8,10,14H,9H2,1-2H3. The molecular weight excluding hydrogens is 295 g/mol. The average molecular weight is 311 g/mol. The van der Waals surface area contributed by atoms with Crippen LogP contribution in [0.25, 0.3) is 0 Å². The lowest BCUT2D eigenvalue weighted by Gasteiger charge is -2.27. The Morgan fingerprint density at radius 1 is 1.43 bits per heavy atom. The second kappa shape index (κ2) is 6.26. The molecule has 0 aliphatic carbocycles. The van der Waals surface area contributed by atoms with Gasteiger partial charge in [0.25, 0.3) is 0 Å². The molecule has 0 spiro atoms. The summed E-state index contributed by atoms with van der Waals surface area (Å²) in [5, 5.41) is 0. The van der Waals surface area contributed by atoms with Crippen LogP contribution in [0.15, 0.2) is 43.0 Å². The van der Waals surface area contributed by atoms with Gasteiger partial charge in [0.1, 0.15) is 11.6 Å². The molecule has 0 radical (unpaired) electrons. The van der Waals surface area contributed by atoms with Gasteiger partial charge in [-0.15, -0.1) is 11.6 Å². The van der Waals surface area contributed by atoms with E-state index in [1.54, 1.807) is 30.8 Å². The van der Waals surface area contributed by atoms with Crippen LogP contribution in [0.3, 0.4) is 0 Å². The van der Waals surface area contributed by atoms with Crippen molar-refractivity contribution in [2.75, 3.05) is 5.88 Å². The summed E-state index contributed by atoms with van der Waals surface area (Å²) in [6.07, 6.45) is 3.79. The molecule has 0 fully saturated rings. The van der Waals surface area contributed by atoms with E-state index in [4.69, 9.17) is 16.3 Å². The molecule has 0 N–H and O–H groups in total. The quantitative estimate of drug-likeness (QED) is 0.768. The van der Waals surface area contributed by atoms with Crippen LogP contribution < -0.4 is 4.74 Å². The molecule has 0 bridgehead atoms. The third-order valence-electron chi connectivity index (χ3n) is 3.08. The van der Waals surface area contributed by atoms with Crippen molar-refractivity contribution in [3.63, 3.8) is 0 Å². The van der Waals surface area contributed by atoms with E-state index in [0.717, 1.165) is 0 Å². The summed E-state index contributed by atoms with van der Waals surface area (Å²) in [7, 11) is 0. The largest absolute Gasteiger partial charge is 0.463 e. The van der Waals surface area contributed by atoms with E-state index in [1.807, 2.05) is 0 Å². The lowest BCUT2D eigenvalue weighted by atomic mass is 9.89. The summed E-state index contributed by atoms with van der Waals surface area (Å²) in [5.41, 5.74) is -0.753. The van der Waals surface area contributed by atoms with Crippen LogP contribution >= 0.6 is 11.6 Å². The predicted octanol–water partition coefficient (Wildman–Crippen LogP) is 3.43. The number of benzene rings is 1. The maximum atomic E-state index is 12.9. The van der Waals surface area contributed by atoms with E-state index in [1.165, 1.54) is 30.6 Å². The monoisotopic (exact) mass is 310 g/mol. The molecule has 1 unspecified atom stereocenters. The lowest BCUT2D eigenvalue weighted by Crippen LogP contribution is -2.36. The van der Waals surface area contributed by atoms with Gasteiger partial charge in [0.05, 0.1) is 6.33 Å². The second-order valence-electron chi connectivity index (χ2n) is 5.32. The normalized spacial score (nSPS) is 13.0. The lowest BCUT2D eigenvalue weighted by molar-refractivity contribution is -0.137. The number of aromatic nitrogens is 2. The zero-order chi connectivity index (χ0) is 15.5. The van der Waals surface area contributed by atoms with Crippen LogP contribution in [0, 0.1) is 11.2 Å². The summed E-state index contributed by atoms with van der Waals surface area (Å²) in [6.45, 7) is 3.50. The van der Waals surface area contributed by atoms with Crippen LogP contribution in [-0.4, -0.2) is 21.2 Å². The first-order valence-electron chi connectivity index (χ1n) is 6.44. The number of Topliss-reactive ketones (excluding diaryl/α,β-unsaturated/α-hetero) is 1. The Morgan fingerprint density at radius 3 is 2.62 bits per heavy atom. The number of alkyl halides is 1. The molecule has 4 nitrogen and oxygen atoms in total. The number of carbonyl (C=O) groups excluding carboxylic acids is 1. The topological polar surface area (TPSA) is 44.1 Å². The van der Waals surface area contributed by atoms with Crippen molar-refractivity contribution in [2.45, 2.75) is 20.1 Å². The molecule has 2 aromatic rings. The first kappa shape index (κ1) is 15.5. The van der Waals surface area contributed by atoms with Crippen molar-refractivity contribution < 1.29 is 13.9 Å². The predicted molar refractivity (Wildman–Crippen MR) is 77.8 cm³/mol. The highest BCUT2D eigenvalue weighted by Gasteiger charge is 2.35. The van der Waals surface area contributed by atoms with Crippen molar-refractivity contribution in [2.24, 2.45) is 5.41 Å². The summed E-state index contributed by atoms with van der Waals surface area (Å²) in [5.74, 6) is 0.0201. The Bertz CT molecular complexity index is 597. The maximum absolute atomic E-state index is 12.9. The van der Waals surface area contributed by atoms with Gasteiger partial charge in [-0.05, 0) is 24.3 Å². The molecule has 1 heterocycles. The average Bonchev–Trinajstić information content (AvgIpc) is 3.00. The molecule has 21 heavy (non-hydrogen) atoms. The fourth-order valence-electron chi connectivity index (χ4n) is 1.70. The van der Waals surface area contributed by atoms with Crippen molar-refractivity contribution in [3.8, 4) is 5.75 Å². The first-order chi connectivity index (χ1) is 9.94. The van der Waals surface area contributed by atoms with Gasteiger partial charge in [-0.1, -0.05) is 13.8 Å². The number of halogens is 2. The Morgan fingerprint density at radius 2 is 2.10 bits per heavy atom. The molecule has 112 valence electrons. The van der Waals surface area contributed by atoms with Crippen LogP contribution in [0.2, 0.25) is 0 Å². The zero-order valence-corrected chi connectivity index (χ0v) is 12.5. The van der Waals surface area contributed by atoms with Gasteiger partial charge in [0.15, 0.2) is 0 Å². The minimum absolute atomic E-state index is 0.170. The molecule has 6 heteroatoms. The zero-order valence-electron chi connectivity index (χ0n) is 11.8. The molecule has 0 saturated carbocycles. The van der Waals surface area contributed by atoms with E-state index in [2.05, 4.69) is 4.98 Å². The Kier molecular flexibility index (Phi) is 4.63. The van der Waals surface area contributed by atoms with Crippen molar-refractivity contribution in [1.29, 1.82) is 0 Å². The second-order valence-corrected chi connectivity index (χ2v) is 5.58. The molecule has 0 saturated heterocycles. The smallest absolute Gasteiger partial charge is 0.236 e. The number of nitrogens with zero attached hydrogens (tertiary/aromatic N) is 2. The Balaban J connectivity index is 2.29. The van der Waals surface area contributed by atoms with Gasteiger partial charge >= 0.3 is 0 Å². The van der Waals surface area contributed by atoms with Gasteiger partial charge in [0, 0.05) is 23.7 Å². The van der Waals surface area contributed by atoms with Gasteiger partial charge in [-0.3, -0.25) is 9.36 Å². The van der Waals surface area contributed by atoms with E-state index in [9.17, 15) is 9.18 Å². The third-order valence-corrected chi connectivity index (χ3v) is 3.75. The molecule has 1 aromatic heterocycles. The van der Waals surface area contributed by atoms with Gasteiger partial charge in [0.2, 0.25) is 12.0 Å². The molecule has 0 aliphatic heterocycles. The molecular formula is C15H16ClFN2O2. The van der Waals surface area contributed by atoms with E-state index in [-0.39, 0.29) is 17.5 Å². The summed E-state index contributed by atoms with van der Waals surface area (Å²) in [6, 6.07) is 5.50. The summed E-state index contributed by atoms with van der Waals surface area (Å²) < 4.78 is 20.2. The molecule has 2 rings (SSSR count). The highest BCUT2D eigenvalue weighted by molar-refractivity contribution is 6.20. The molecule has 1 aromatic carbocycles. The molecule has 0 amide bonds. The van der Waals surface area contributed by atoms with Gasteiger partial charge in [-0.2, -0.15) is 0 Å². The SMILES string of the molecule is CC(C)(CCl)C(=O)C(Oc1ccc(F)cc1)n1ccnc1. The van der Waals surface area contributed by atoms with Crippen molar-refractivity contribution in [1.82, 2.24) is 9.55 Å². The number of carbonyl (C=O) groups is 1. The number of imidazole rings is 1. The molecule has 0 aliphatic rings. The van der Waals surface area contributed by atoms with E-state index < -0.39 is 11.6 Å². The number of ketones is 1. The first-order valence-corrected chi connectivity index (χ1v) is 6.97. The van der Waals surface area contributed by atoms with Crippen molar-refractivity contribution in [3.05, 3.63) is 48.8 Å². The fraction of sp³-hybridized carbons (Fsp3) is 0.333. The van der Waals surface area contributed by atoms with Crippen LogP contribution in [0.5, 0.6) is 5.75 Å². The summed E-state index contributed by atoms with van der Waals surface area (Å²) >= 11 is 5.87. The fourth-order valence-corrected chi connectivity index (χ4v) is 1.83. The highest BCUT2D eigenvalue weighted by atomic mass is 35.5. The van der Waals surface area contributed by atoms with E-state index >= 15 is 0 Å². The minimum Gasteiger partial charge on any atom is -0.463 e. The number of hydrogen-bond acceptors (Lipinski definition) is 3. The van der Waals surface area contributed by atoms with Crippen molar-refractivity contribution >= 4 is 17.4 Å². The number of hydrogen-bond donors (Lipinski definition) is 0. The van der Waals surface area contributed by atoms with Gasteiger partial charge < -0.3 is 4.74 Å². The Hall–Kier alpha value is -1.88. The van der Waals surface area contributed by atoms with E-state index in [0.29, 0.717) is 5.75 Å². The third kappa shape index (κ3) is 3.61. The molecule has 1 atom stereocenters. The summed E-state index contributed by atoms with van der Waals surface area (Å²) in [4.78, 5) is 16.6. The van der Waals surface area contributed by atoms with Crippen LogP contribution in [0.1, 0.15) is 20.1 Å². The van der Waals surface area contributed by atoms with Gasteiger partial charge in [-0.25, -0.2) is 9.37 Å². The van der Waals surface area contributed by atoms with Crippen LogP contribution in [-0.2, 0) is 4.79 Å². The number of rotatable bonds is 6. The maximum Gasteiger partial charge on any atom is 0.236 e.